The molecule has 2 unspecified atom stereocenters. The van der Waals surface area contributed by atoms with E-state index in [1.165, 1.54) is 0 Å². The number of nitrogens with zero attached hydrogens (tertiary/aromatic N) is 1. The quantitative estimate of drug-likeness (QED) is 0.421. The Kier molecular flexibility index (Phi) is 5.58. The summed E-state index contributed by atoms with van der Waals surface area (Å²) in [6, 6.07) is -0.499. The number of alkyl halides is 1. The van der Waals surface area contributed by atoms with Crippen LogP contribution in [0, 0.1) is 24.3 Å². The molecule has 3 rings (SSSR count). The summed E-state index contributed by atoms with van der Waals surface area (Å²) < 4.78 is 6.64. The smallest absolute Gasteiger partial charge is 0.255 e. The highest BCUT2D eigenvalue weighted by molar-refractivity contribution is 6.21. The van der Waals surface area contributed by atoms with E-state index in [2.05, 4.69) is 24.0 Å². The van der Waals surface area contributed by atoms with Gasteiger partial charge in [-0.3, -0.25) is 4.79 Å². The molecule has 2 N–H and O–H groups in total. The number of aliphatic hydroxyl groups is 1. The van der Waals surface area contributed by atoms with Crippen molar-refractivity contribution in [2.75, 3.05) is 0 Å². The van der Waals surface area contributed by atoms with Crippen LogP contribution in [-0.2, 0) is 9.53 Å². The molecule has 0 aromatic carbocycles. The standard InChI is InChI=1S/C22H35ClN2O3/c1-19(2)16(23)9-12-22(5,28-19)15-7-10-20(3,25-13-26)14-8-11-21(4,27)18(24-6)17(14)15/h13-18,27H,7-12H2,1-5H3,(H,25,26)/t14-,15-,16?,17?,18+,20-,21+,22+/m0/s1. The monoisotopic (exact) mass is 410 g/mol. The summed E-state index contributed by atoms with van der Waals surface area (Å²) >= 11 is 6.54. The van der Waals surface area contributed by atoms with Crippen molar-refractivity contribution in [2.45, 2.75) is 107 Å². The first-order chi connectivity index (χ1) is 12.9. The van der Waals surface area contributed by atoms with Crippen molar-refractivity contribution in [2.24, 2.45) is 17.8 Å². The summed E-state index contributed by atoms with van der Waals surface area (Å²) in [5, 5.41) is 14.1. The van der Waals surface area contributed by atoms with Crippen LogP contribution in [0.25, 0.3) is 4.85 Å². The highest BCUT2D eigenvalue weighted by atomic mass is 35.5. The lowest BCUT2D eigenvalue weighted by atomic mass is 9.51. The molecular weight excluding hydrogens is 376 g/mol. The van der Waals surface area contributed by atoms with Gasteiger partial charge >= 0.3 is 0 Å². The van der Waals surface area contributed by atoms with E-state index in [4.69, 9.17) is 22.9 Å². The molecule has 158 valence electrons. The molecule has 6 heteroatoms. The minimum Gasteiger partial charge on any atom is -0.382 e. The Morgan fingerprint density at radius 1 is 1.11 bits per heavy atom. The van der Waals surface area contributed by atoms with E-state index in [0.29, 0.717) is 6.42 Å². The molecule has 1 aliphatic heterocycles. The zero-order valence-electron chi connectivity index (χ0n) is 17.8. The molecule has 0 bridgehead atoms. The van der Waals surface area contributed by atoms with Crippen LogP contribution in [0.15, 0.2) is 0 Å². The molecule has 2 aliphatic carbocycles. The number of nitrogens with one attached hydrogen (secondary N) is 1. The van der Waals surface area contributed by atoms with Crippen molar-refractivity contribution in [1.29, 1.82) is 0 Å². The highest BCUT2D eigenvalue weighted by Gasteiger charge is 2.63. The van der Waals surface area contributed by atoms with Crippen LogP contribution in [0.1, 0.15) is 73.1 Å². The Hall–Kier alpha value is -0.830. The molecule has 3 aliphatic rings. The van der Waals surface area contributed by atoms with Gasteiger partial charge in [-0.1, -0.05) is 0 Å². The largest absolute Gasteiger partial charge is 0.382 e. The van der Waals surface area contributed by atoms with Gasteiger partial charge in [-0.15, -0.1) is 11.6 Å². The predicted molar refractivity (Wildman–Crippen MR) is 110 cm³/mol. The van der Waals surface area contributed by atoms with Crippen LogP contribution in [0.5, 0.6) is 0 Å². The molecular formula is C22H35ClN2O3. The maximum Gasteiger partial charge on any atom is 0.255 e. The van der Waals surface area contributed by atoms with Gasteiger partial charge < -0.3 is 20.0 Å². The second kappa shape index (κ2) is 7.15. The second-order valence-corrected chi connectivity index (χ2v) is 11.0. The molecule has 0 aromatic rings. The van der Waals surface area contributed by atoms with Gasteiger partial charge in [-0.25, -0.2) is 6.57 Å². The zero-order valence-corrected chi connectivity index (χ0v) is 18.6. The molecule has 0 aromatic heterocycles. The van der Waals surface area contributed by atoms with Gasteiger partial charge in [0.15, 0.2) is 0 Å². The lowest BCUT2D eigenvalue weighted by molar-refractivity contribution is -0.219. The highest BCUT2D eigenvalue weighted by Crippen LogP contribution is 2.57. The summed E-state index contributed by atoms with van der Waals surface area (Å²) in [6.07, 6.45) is 5.61. The van der Waals surface area contributed by atoms with Crippen LogP contribution >= 0.6 is 11.6 Å². The van der Waals surface area contributed by atoms with Crippen molar-refractivity contribution in [3.8, 4) is 0 Å². The molecule has 1 heterocycles. The van der Waals surface area contributed by atoms with Crippen molar-refractivity contribution in [1.82, 2.24) is 5.32 Å². The van der Waals surface area contributed by atoms with E-state index in [0.717, 1.165) is 38.5 Å². The third-order valence-electron chi connectivity index (χ3n) is 8.14. The van der Waals surface area contributed by atoms with Gasteiger partial charge in [0.05, 0.1) is 16.6 Å². The molecule has 2 saturated carbocycles. The van der Waals surface area contributed by atoms with Crippen LogP contribution in [0.3, 0.4) is 0 Å². The normalized spacial score (nSPS) is 50.9. The van der Waals surface area contributed by atoms with E-state index < -0.39 is 22.8 Å². The summed E-state index contributed by atoms with van der Waals surface area (Å²) in [6.45, 7) is 18.0. The number of carbonyl (C=O) groups is 1. The maximum atomic E-state index is 11.3. The number of carbonyl (C=O) groups excluding carboxylic acids is 1. The van der Waals surface area contributed by atoms with Gasteiger partial charge in [0.1, 0.15) is 5.60 Å². The van der Waals surface area contributed by atoms with Crippen LogP contribution in [0.4, 0.5) is 0 Å². The summed E-state index contributed by atoms with van der Waals surface area (Å²) in [5.74, 6) is 0.265. The van der Waals surface area contributed by atoms with Crippen LogP contribution < -0.4 is 5.32 Å². The van der Waals surface area contributed by atoms with E-state index >= 15 is 0 Å². The molecule has 0 radical (unpaired) electrons. The fourth-order valence-electron chi connectivity index (χ4n) is 6.49. The van der Waals surface area contributed by atoms with Gasteiger partial charge in [0.25, 0.3) is 6.04 Å². The lowest BCUT2D eigenvalue weighted by Gasteiger charge is -2.59. The Morgan fingerprint density at radius 3 is 2.32 bits per heavy atom. The first kappa shape index (κ1) is 21.9. The molecule has 0 spiro atoms. The molecule has 3 fully saturated rings. The Labute approximate surface area is 174 Å². The zero-order chi connectivity index (χ0) is 21.0. The number of rotatable bonds is 3. The van der Waals surface area contributed by atoms with E-state index in [1.54, 1.807) is 6.92 Å². The van der Waals surface area contributed by atoms with Crippen LogP contribution in [-0.4, -0.2) is 45.3 Å². The van der Waals surface area contributed by atoms with Crippen molar-refractivity contribution in [3.63, 3.8) is 0 Å². The minimum absolute atomic E-state index is 0.0277. The summed E-state index contributed by atoms with van der Waals surface area (Å²) in [4.78, 5) is 15.3. The molecule has 8 atom stereocenters. The Bertz CT molecular complexity index is 661. The van der Waals surface area contributed by atoms with E-state index in [1.807, 2.05) is 13.8 Å². The fourth-order valence-corrected chi connectivity index (χ4v) is 6.64. The van der Waals surface area contributed by atoms with E-state index in [-0.39, 0.29) is 28.7 Å². The third-order valence-corrected chi connectivity index (χ3v) is 8.89. The number of halogens is 1. The molecule has 1 amide bonds. The summed E-state index contributed by atoms with van der Waals surface area (Å²) in [5.41, 5.74) is -2.19. The molecule has 1 saturated heterocycles. The van der Waals surface area contributed by atoms with Gasteiger partial charge in [0.2, 0.25) is 6.41 Å². The minimum atomic E-state index is -1.02. The van der Waals surface area contributed by atoms with Gasteiger partial charge in [-0.05, 0) is 85.0 Å². The molecule has 5 nitrogen and oxygen atoms in total. The first-order valence-electron chi connectivity index (χ1n) is 10.5. The fraction of sp³-hybridized carbons (Fsp3) is 0.909. The average molecular weight is 411 g/mol. The van der Waals surface area contributed by atoms with Crippen LogP contribution in [0.2, 0.25) is 0 Å². The number of ether oxygens (including phenoxy) is 1. The number of hydrogen-bond donors (Lipinski definition) is 2. The van der Waals surface area contributed by atoms with E-state index in [9.17, 15) is 9.90 Å². The number of amides is 1. The Morgan fingerprint density at radius 2 is 1.75 bits per heavy atom. The third kappa shape index (κ3) is 3.46. The van der Waals surface area contributed by atoms with Gasteiger partial charge in [-0.2, -0.15) is 0 Å². The van der Waals surface area contributed by atoms with Crippen molar-refractivity contribution >= 4 is 18.0 Å². The maximum absolute atomic E-state index is 11.3. The first-order valence-corrected chi connectivity index (χ1v) is 11.0. The number of hydrogen-bond acceptors (Lipinski definition) is 3. The van der Waals surface area contributed by atoms with Crippen molar-refractivity contribution < 1.29 is 14.6 Å². The summed E-state index contributed by atoms with van der Waals surface area (Å²) in [7, 11) is 0. The van der Waals surface area contributed by atoms with Gasteiger partial charge in [0, 0.05) is 11.5 Å². The molecule has 28 heavy (non-hydrogen) atoms. The SMILES string of the molecule is [C-]#[N+][C@@H]1C2[C@@H]([C@@]3(C)CCC(Cl)C(C)(C)O3)CC[C@](C)(NC=O)[C@H]2CC[C@@]1(C)O. The Balaban J connectivity index is 2.02. The van der Waals surface area contributed by atoms with Crippen molar-refractivity contribution in [3.05, 3.63) is 11.4 Å². The number of fused-ring (bicyclic) bond motifs is 1. The average Bonchev–Trinajstić information content (AvgIpc) is 2.57. The lowest BCUT2D eigenvalue weighted by Crippen LogP contribution is -2.67. The second-order valence-electron chi connectivity index (χ2n) is 10.5. The predicted octanol–water partition coefficient (Wildman–Crippen LogP) is 3.92. The topological polar surface area (TPSA) is 62.9 Å².